The quantitative estimate of drug-likeness (QED) is 0.857. The van der Waals surface area contributed by atoms with Gasteiger partial charge in [0.05, 0.1) is 25.0 Å². The number of piperidine rings is 1. The van der Waals surface area contributed by atoms with E-state index in [1.54, 1.807) is 13.2 Å². The highest BCUT2D eigenvalue weighted by Crippen LogP contribution is 2.32. The number of hydrogen-bond acceptors (Lipinski definition) is 5. The van der Waals surface area contributed by atoms with Gasteiger partial charge in [0.15, 0.2) is 0 Å². The number of nitrogens with zero attached hydrogens (tertiary/aromatic N) is 2. The summed E-state index contributed by atoms with van der Waals surface area (Å²) in [4.78, 5) is 29.7. The van der Waals surface area contributed by atoms with Crippen molar-refractivity contribution in [2.75, 3.05) is 39.8 Å². The molecule has 2 aromatic rings. The summed E-state index contributed by atoms with van der Waals surface area (Å²) in [5.41, 5.74) is 1.59. The number of carbonyl (C=O) groups is 2. The third-order valence-electron chi connectivity index (χ3n) is 5.92. The molecule has 2 aliphatic rings. The van der Waals surface area contributed by atoms with E-state index in [1.165, 1.54) is 12.5 Å². The highest BCUT2D eigenvalue weighted by atomic mass is 16.5. The average Bonchev–Trinajstić information content (AvgIpc) is 3.33. The maximum absolute atomic E-state index is 13.4. The summed E-state index contributed by atoms with van der Waals surface area (Å²) in [5, 5.41) is 3.40. The molecule has 2 amide bonds. The molecule has 7 nitrogen and oxygen atoms in total. The first-order valence-electron chi connectivity index (χ1n) is 10.1. The van der Waals surface area contributed by atoms with Crippen LogP contribution in [0.25, 0.3) is 0 Å². The Morgan fingerprint density at radius 2 is 1.93 bits per heavy atom. The molecule has 3 heterocycles. The lowest BCUT2D eigenvalue weighted by atomic mass is 9.92. The first-order chi connectivity index (χ1) is 14.2. The van der Waals surface area contributed by atoms with Gasteiger partial charge < -0.3 is 24.3 Å². The number of piperazine rings is 1. The number of para-hydroxylation sites is 1. The zero-order valence-electron chi connectivity index (χ0n) is 16.7. The Balaban J connectivity index is 1.44. The first kappa shape index (κ1) is 19.5. The molecule has 0 radical (unpaired) electrons. The normalized spacial score (nSPS) is 20.5. The maximum atomic E-state index is 13.4. The number of benzene rings is 1. The van der Waals surface area contributed by atoms with Crippen molar-refractivity contribution in [1.82, 2.24) is 15.1 Å². The molecule has 154 valence electrons. The molecule has 0 spiro atoms. The molecule has 29 heavy (non-hydrogen) atoms. The van der Waals surface area contributed by atoms with E-state index in [-0.39, 0.29) is 23.8 Å². The Bertz CT molecular complexity index is 844. The number of nitrogens with one attached hydrogen (secondary N) is 1. The molecule has 0 bridgehead atoms. The number of methoxy groups -OCH3 is 1. The van der Waals surface area contributed by atoms with Crippen molar-refractivity contribution in [1.29, 1.82) is 0 Å². The van der Waals surface area contributed by atoms with E-state index in [4.69, 9.17) is 9.15 Å². The predicted octanol–water partition coefficient (Wildman–Crippen LogP) is 2.31. The Kier molecular flexibility index (Phi) is 5.85. The molecule has 1 aromatic carbocycles. The van der Waals surface area contributed by atoms with Crippen LogP contribution >= 0.6 is 0 Å². The number of furan rings is 1. The lowest BCUT2D eigenvalue weighted by Crippen LogP contribution is -2.52. The van der Waals surface area contributed by atoms with E-state index >= 15 is 0 Å². The Morgan fingerprint density at radius 3 is 2.66 bits per heavy atom. The molecule has 2 saturated heterocycles. The second-order valence-corrected chi connectivity index (χ2v) is 7.57. The first-order valence-corrected chi connectivity index (χ1v) is 10.1. The van der Waals surface area contributed by atoms with Crippen LogP contribution in [0, 0.1) is 5.92 Å². The van der Waals surface area contributed by atoms with E-state index in [0.29, 0.717) is 44.6 Å². The zero-order valence-corrected chi connectivity index (χ0v) is 16.7. The molecule has 2 aliphatic heterocycles. The number of amides is 2. The van der Waals surface area contributed by atoms with Crippen molar-refractivity contribution in [3.8, 4) is 5.75 Å². The van der Waals surface area contributed by atoms with E-state index < -0.39 is 0 Å². The van der Waals surface area contributed by atoms with E-state index in [2.05, 4.69) is 5.32 Å². The monoisotopic (exact) mass is 397 g/mol. The fourth-order valence-electron chi connectivity index (χ4n) is 4.32. The topological polar surface area (TPSA) is 75.0 Å². The number of rotatable bonds is 4. The second-order valence-electron chi connectivity index (χ2n) is 7.57. The van der Waals surface area contributed by atoms with Gasteiger partial charge in [-0.1, -0.05) is 18.2 Å². The van der Waals surface area contributed by atoms with Crippen LogP contribution < -0.4 is 10.1 Å². The smallest absolute Gasteiger partial charge is 0.257 e. The molecule has 7 heteroatoms. The standard InChI is InChI=1S/C22H27N3O4/c1-28-20-5-3-2-4-18(20)19-14-23-9-12-25(19)22(27)16-6-10-24(11-7-16)21(26)17-8-13-29-15-17/h2-5,8,13,15-16,19,23H,6-7,9-12,14H2,1H3. The van der Waals surface area contributed by atoms with Crippen molar-refractivity contribution in [3.63, 3.8) is 0 Å². The molecule has 0 saturated carbocycles. The van der Waals surface area contributed by atoms with Gasteiger partial charge >= 0.3 is 0 Å². The Morgan fingerprint density at radius 1 is 1.14 bits per heavy atom. The molecule has 1 unspecified atom stereocenters. The van der Waals surface area contributed by atoms with E-state index in [0.717, 1.165) is 17.9 Å². The SMILES string of the molecule is COc1ccccc1C1CNCCN1C(=O)C1CCN(C(=O)c2ccoc2)CC1. The molecule has 1 aromatic heterocycles. The summed E-state index contributed by atoms with van der Waals surface area (Å²) < 4.78 is 10.5. The van der Waals surface area contributed by atoms with Gasteiger partial charge in [-0.15, -0.1) is 0 Å². The molecule has 4 rings (SSSR count). The highest BCUT2D eigenvalue weighted by Gasteiger charge is 2.36. The van der Waals surface area contributed by atoms with Crippen molar-refractivity contribution in [2.24, 2.45) is 5.92 Å². The minimum atomic E-state index is -0.0568. The number of carbonyl (C=O) groups excluding carboxylic acids is 2. The minimum absolute atomic E-state index is 0.0290. The van der Waals surface area contributed by atoms with Crippen molar-refractivity contribution < 1.29 is 18.7 Å². The van der Waals surface area contributed by atoms with Gasteiger partial charge in [-0.2, -0.15) is 0 Å². The van der Waals surface area contributed by atoms with E-state index in [9.17, 15) is 9.59 Å². The molecule has 2 fully saturated rings. The summed E-state index contributed by atoms with van der Waals surface area (Å²) in [6, 6.07) is 9.53. The van der Waals surface area contributed by atoms with Crippen molar-refractivity contribution in [2.45, 2.75) is 18.9 Å². The third-order valence-corrected chi connectivity index (χ3v) is 5.92. The highest BCUT2D eigenvalue weighted by molar-refractivity contribution is 5.94. The van der Waals surface area contributed by atoms with Crippen LogP contribution in [0.5, 0.6) is 5.75 Å². The summed E-state index contributed by atoms with van der Waals surface area (Å²) in [5.74, 6) is 0.898. The van der Waals surface area contributed by atoms with Crippen LogP contribution in [0.15, 0.2) is 47.3 Å². The van der Waals surface area contributed by atoms with Crippen LogP contribution in [0.4, 0.5) is 0 Å². The molecule has 1 N–H and O–H groups in total. The zero-order chi connectivity index (χ0) is 20.2. The Hall–Kier alpha value is -2.80. The van der Waals surface area contributed by atoms with Gasteiger partial charge in [-0.05, 0) is 25.0 Å². The van der Waals surface area contributed by atoms with Crippen molar-refractivity contribution in [3.05, 3.63) is 54.0 Å². The Labute approximate surface area is 170 Å². The van der Waals surface area contributed by atoms with E-state index in [1.807, 2.05) is 34.1 Å². The van der Waals surface area contributed by atoms with Crippen LogP contribution in [0.2, 0.25) is 0 Å². The second kappa shape index (κ2) is 8.69. The largest absolute Gasteiger partial charge is 0.496 e. The predicted molar refractivity (Wildman–Crippen MR) is 108 cm³/mol. The van der Waals surface area contributed by atoms with Gasteiger partial charge in [0.2, 0.25) is 5.91 Å². The third kappa shape index (κ3) is 4.00. The minimum Gasteiger partial charge on any atom is -0.496 e. The van der Waals surface area contributed by atoms with Gasteiger partial charge in [-0.3, -0.25) is 9.59 Å². The summed E-state index contributed by atoms with van der Waals surface area (Å²) in [7, 11) is 1.66. The summed E-state index contributed by atoms with van der Waals surface area (Å²) in [6.45, 7) is 3.35. The van der Waals surface area contributed by atoms with Gasteiger partial charge in [-0.25, -0.2) is 0 Å². The molecular formula is C22H27N3O4. The fraction of sp³-hybridized carbons (Fsp3) is 0.455. The maximum Gasteiger partial charge on any atom is 0.257 e. The van der Waals surface area contributed by atoms with Crippen LogP contribution in [-0.2, 0) is 4.79 Å². The van der Waals surface area contributed by atoms with Gasteiger partial charge in [0, 0.05) is 44.2 Å². The van der Waals surface area contributed by atoms with Crippen molar-refractivity contribution >= 4 is 11.8 Å². The van der Waals surface area contributed by atoms with Crippen LogP contribution in [-0.4, -0.2) is 61.4 Å². The van der Waals surface area contributed by atoms with Gasteiger partial charge in [0.25, 0.3) is 5.91 Å². The van der Waals surface area contributed by atoms with Crippen LogP contribution in [0.3, 0.4) is 0 Å². The molecule has 1 atom stereocenters. The lowest BCUT2D eigenvalue weighted by Gasteiger charge is -2.40. The molecule has 0 aliphatic carbocycles. The number of likely N-dealkylation sites (tertiary alicyclic amines) is 1. The number of ether oxygens (including phenoxy) is 1. The van der Waals surface area contributed by atoms with Crippen LogP contribution in [0.1, 0.15) is 34.8 Å². The average molecular weight is 397 g/mol. The number of hydrogen-bond donors (Lipinski definition) is 1. The summed E-state index contributed by atoms with van der Waals surface area (Å²) >= 11 is 0. The fourth-order valence-corrected chi connectivity index (χ4v) is 4.32. The lowest BCUT2D eigenvalue weighted by molar-refractivity contribution is -0.140. The summed E-state index contributed by atoms with van der Waals surface area (Å²) in [6.07, 6.45) is 4.35. The van der Waals surface area contributed by atoms with Gasteiger partial charge in [0.1, 0.15) is 12.0 Å². The molecular weight excluding hydrogens is 370 g/mol.